The molecule has 2 N–H and O–H groups in total. The predicted octanol–water partition coefficient (Wildman–Crippen LogP) is 2.42. The lowest BCUT2D eigenvalue weighted by atomic mass is 10.0. The summed E-state index contributed by atoms with van der Waals surface area (Å²) in [5.74, 6) is -0.926. The molecule has 0 fully saturated rings. The zero-order valence-corrected chi connectivity index (χ0v) is 16.5. The van der Waals surface area contributed by atoms with Crippen LogP contribution < -0.4 is 20.4 Å². The average molecular weight is 391 g/mol. The second-order valence-electron chi connectivity index (χ2n) is 6.45. The van der Waals surface area contributed by atoms with Crippen molar-refractivity contribution in [1.82, 2.24) is 5.32 Å². The van der Waals surface area contributed by atoms with E-state index in [0.717, 1.165) is 6.42 Å². The van der Waals surface area contributed by atoms with Crippen LogP contribution in [0.1, 0.15) is 37.3 Å². The Labute approximate surface area is 162 Å². The van der Waals surface area contributed by atoms with Crippen LogP contribution >= 0.6 is 0 Å². The number of aliphatic carboxylic acids is 1. The van der Waals surface area contributed by atoms with E-state index in [-0.39, 0.29) is 17.6 Å². The van der Waals surface area contributed by atoms with Crippen LogP contribution in [0.5, 0.6) is 11.5 Å². The predicted molar refractivity (Wildman–Crippen MR) is 103 cm³/mol. The maximum atomic E-state index is 12.5. The summed E-state index contributed by atoms with van der Waals surface area (Å²) in [6.45, 7) is 3.65. The minimum atomic E-state index is -1.10. The average Bonchev–Trinajstić information content (AvgIpc) is 2.67. The Morgan fingerprint density at radius 1 is 1.25 bits per heavy atom. The number of carbonyl (C=O) groups excluding carboxylic acids is 1. The minimum absolute atomic E-state index is 0.178. The zero-order chi connectivity index (χ0) is 20.8. The minimum Gasteiger partial charge on any atom is -0.493 e. The van der Waals surface area contributed by atoms with E-state index in [2.05, 4.69) is 5.32 Å². The van der Waals surface area contributed by atoms with Crippen molar-refractivity contribution in [2.75, 3.05) is 14.2 Å². The summed E-state index contributed by atoms with van der Waals surface area (Å²) in [6.07, 6.45) is 1.56. The Kier molecular flexibility index (Phi) is 7.03. The van der Waals surface area contributed by atoms with Gasteiger partial charge in [0, 0.05) is 5.39 Å². The van der Waals surface area contributed by atoms with E-state index in [9.17, 15) is 19.5 Å². The molecule has 0 saturated carbocycles. The lowest BCUT2D eigenvalue weighted by Gasteiger charge is -2.15. The molecule has 152 valence electrons. The molecule has 1 atom stereocenters. The molecule has 0 aliphatic carbocycles. The van der Waals surface area contributed by atoms with Gasteiger partial charge >= 0.3 is 11.6 Å². The molecule has 0 spiro atoms. The van der Waals surface area contributed by atoms with Crippen molar-refractivity contribution in [3.05, 3.63) is 33.7 Å². The smallest absolute Gasteiger partial charge is 0.340 e. The molecule has 8 nitrogen and oxygen atoms in total. The normalized spacial score (nSPS) is 11.9. The van der Waals surface area contributed by atoms with Crippen LogP contribution in [-0.2, 0) is 16.0 Å². The SMILES string of the molecule is CCCC[C@H](NC(=O)Cc1c(C)c2ccc(OC)c(OC)c2oc1=O)C(=O)O. The van der Waals surface area contributed by atoms with Crippen molar-refractivity contribution in [3.8, 4) is 11.5 Å². The molecule has 1 aromatic heterocycles. The summed E-state index contributed by atoms with van der Waals surface area (Å²) in [5, 5.41) is 12.3. The van der Waals surface area contributed by atoms with Gasteiger partial charge < -0.3 is 24.3 Å². The van der Waals surface area contributed by atoms with E-state index in [1.165, 1.54) is 14.2 Å². The van der Waals surface area contributed by atoms with E-state index in [0.29, 0.717) is 35.3 Å². The maximum Gasteiger partial charge on any atom is 0.340 e. The second kappa shape index (κ2) is 9.25. The number of hydrogen-bond acceptors (Lipinski definition) is 6. The Morgan fingerprint density at radius 3 is 2.54 bits per heavy atom. The molecule has 0 aliphatic heterocycles. The lowest BCUT2D eigenvalue weighted by Crippen LogP contribution is -2.42. The van der Waals surface area contributed by atoms with E-state index < -0.39 is 23.5 Å². The summed E-state index contributed by atoms with van der Waals surface area (Å²) >= 11 is 0. The third-order valence-electron chi connectivity index (χ3n) is 4.61. The third-order valence-corrected chi connectivity index (χ3v) is 4.61. The number of rotatable bonds is 9. The second-order valence-corrected chi connectivity index (χ2v) is 6.45. The van der Waals surface area contributed by atoms with Crippen molar-refractivity contribution in [2.45, 2.75) is 45.6 Å². The Morgan fingerprint density at radius 2 is 1.96 bits per heavy atom. The van der Waals surface area contributed by atoms with Crippen LogP contribution in [-0.4, -0.2) is 37.2 Å². The third kappa shape index (κ3) is 4.44. The van der Waals surface area contributed by atoms with Crippen molar-refractivity contribution < 1.29 is 28.6 Å². The highest BCUT2D eigenvalue weighted by Crippen LogP contribution is 2.36. The van der Waals surface area contributed by atoms with Gasteiger partial charge in [-0.3, -0.25) is 4.79 Å². The summed E-state index contributed by atoms with van der Waals surface area (Å²) in [7, 11) is 2.92. The first-order valence-electron chi connectivity index (χ1n) is 9.03. The molecule has 1 aromatic carbocycles. The first-order valence-corrected chi connectivity index (χ1v) is 9.03. The van der Waals surface area contributed by atoms with Gasteiger partial charge in [-0.05, 0) is 31.0 Å². The van der Waals surface area contributed by atoms with Crippen LogP contribution in [0, 0.1) is 6.92 Å². The summed E-state index contributed by atoms with van der Waals surface area (Å²) in [4.78, 5) is 36.2. The number of methoxy groups -OCH3 is 2. The van der Waals surface area contributed by atoms with Gasteiger partial charge in [-0.25, -0.2) is 9.59 Å². The molecule has 28 heavy (non-hydrogen) atoms. The number of unbranched alkanes of at least 4 members (excludes halogenated alkanes) is 1. The number of aryl methyl sites for hydroxylation is 1. The molecule has 0 unspecified atom stereocenters. The van der Waals surface area contributed by atoms with Crippen LogP contribution in [0.3, 0.4) is 0 Å². The number of carboxylic acids is 1. The van der Waals surface area contributed by atoms with E-state index in [4.69, 9.17) is 13.9 Å². The topological polar surface area (TPSA) is 115 Å². The van der Waals surface area contributed by atoms with Gasteiger partial charge in [0.2, 0.25) is 11.7 Å². The number of ether oxygens (including phenoxy) is 2. The highest BCUT2D eigenvalue weighted by Gasteiger charge is 2.23. The van der Waals surface area contributed by atoms with Gasteiger partial charge in [0.25, 0.3) is 0 Å². The maximum absolute atomic E-state index is 12.5. The molecule has 1 heterocycles. The molecule has 0 radical (unpaired) electrons. The standard InChI is InChI=1S/C20H25NO7/c1-5-6-7-14(19(23)24)21-16(22)10-13-11(2)12-8-9-15(26-3)18(27-4)17(12)28-20(13)25/h8-9,14H,5-7,10H2,1-4H3,(H,21,22)(H,23,24)/t14-/m0/s1. The molecule has 0 bridgehead atoms. The molecular formula is C20H25NO7. The number of fused-ring (bicyclic) bond motifs is 1. The van der Waals surface area contributed by atoms with Crippen LogP contribution in [0.15, 0.2) is 21.3 Å². The number of amides is 1. The summed E-state index contributed by atoms with van der Waals surface area (Å²) < 4.78 is 15.9. The molecule has 1 amide bonds. The van der Waals surface area contributed by atoms with Crippen molar-refractivity contribution in [3.63, 3.8) is 0 Å². The van der Waals surface area contributed by atoms with Gasteiger partial charge in [0.05, 0.1) is 26.2 Å². The molecule has 2 rings (SSSR count). The van der Waals surface area contributed by atoms with Crippen LogP contribution in [0.25, 0.3) is 11.0 Å². The fraction of sp³-hybridized carbons (Fsp3) is 0.450. The quantitative estimate of drug-likeness (QED) is 0.631. The Hall–Kier alpha value is -3.03. The van der Waals surface area contributed by atoms with Gasteiger partial charge in [-0.15, -0.1) is 0 Å². The highest BCUT2D eigenvalue weighted by atomic mass is 16.5. The van der Waals surface area contributed by atoms with Crippen molar-refractivity contribution in [1.29, 1.82) is 0 Å². The van der Waals surface area contributed by atoms with Gasteiger partial charge in [-0.1, -0.05) is 19.8 Å². The fourth-order valence-corrected chi connectivity index (χ4v) is 3.04. The number of carboxylic acid groups (broad SMARTS) is 1. The molecule has 0 aliphatic rings. The number of benzene rings is 1. The number of nitrogens with one attached hydrogen (secondary N) is 1. The highest BCUT2D eigenvalue weighted by molar-refractivity contribution is 5.90. The monoisotopic (exact) mass is 391 g/mol. The molecule has 2 aromatic rings. The molecule has 0 saturated heterocycles. The lowest BCUT2D eigenvalue weighted by molar-refractivity contribution is -0.142. The number of carbonyl (C=O) groups is 2. The van der Waals surface area contributed by atoms with Crippen LogP contribution in [0.4, 0.5) is 0 Å². The van der Waals surface area contributed by atoms with Crippen molar-refractivity contribution in [2.24, 2.45) is 0 Å². The Balaban J connectivity index is 2.36. The largest absolute Gasteiger partial charge is 0.493 e. The fourth-order valence-electron chi connectivity index (χ4n) is 3.04. The summed E-state index contributed by atoms with van der Waals surface area (Å²) in [5.41, 5.74) is 0.312. The first kappa shape index (κ1) is 21.3. The van der Waals surface area contributed by atoms with E-state index >= 15 is 0 Å². The van der Waals surface area contributed by atoms with Gasteiger partial charge in [0.1, 0.15) is 6.04 Å². The van der Waals surface area contributed by atoms with Gasteiger partial charge in [0.15, 0.2) is 11.3 Å². The number of hydrogen-bond donors (Lipinski definition) is 2. The Bertz CT molecular complexity index is 932. The molecular weight excluding hydrogens is 366 g/mol. The van der Waals surface area contributed by atoms with Crippen molar-refractivity contribution >= 4 is 22.8 Å². The first-order chi connectivity index (χ1) is 13.3. The summed E-state index contributed by atoms with van der Waals surface area (Å²) in [6, 6.07) is 2.42. The van der Waals surface area contributed by atoms with Gasteiger partial charge in [-0.2, -0.15) is 0 Å². The van der Waals surface area contributed by atoms with Crippen LogP contribution in [0.2, 0.25) is 0 Å². The van der Waals surface area contributed by atoms with E-state index in [1.807, 2.05) is 6.92 Å². The zero-order valence-electron chi connectivity index (χ0n) is 16.5. The van der Waals surface area contributed by atoms with E-state index in [1.54, 1.807) is 19.1 Å². The molecule has 8 heteroatoms.